The van der Waals surface area contributed by atoms with Crippen molar-refractivity contribution >= 4 is 59.2 Å². The summed E-state index contributed by atoms with van der Waals surface area (Å²) in [6.45, 7) is 4.20. The second kappa shape index (κ2) is 21.2. The van der Waals surface area contributed by atoms with Crippen LogP contribution in [0.5, 0.6) is 0 Å². The van der Waals surface area contributed by atoms with Crippen molar-refractivity contribution in [3.8, 4) is 0 Å². The minimum atomic E-state index is -2.46. The predicted octanol–water partition coefficient (Wildman–Crippen LogP) is 0.844. The van der Waals surface area contributed by atoms with E-state index in [1.165, 1.54) is 0 Å². The number of imide groups is 4. The van der Waals surface area contributed by atoms with Crippen molar-refractivity contribution < 1.29 is 77.6 Å². The van der Waals surface area contributed by atoms with E-state index >= 15 is 0 Å². The van der Waals surface area contributed by atoms with Gasteiger partial charge in [-0.3, -0.25) is 38.4 Å². The van der Waals surface area contributed by atoms with E-state index in [0.717, 1.165) is 113 Å². The fraction of sp³-hybridized carbons (Fsp3) is 0.526. The Morgan fingerprint density at radius 1 is 0.400 bits per heavy atom. The molecule has 0 N–H and O–H groups in total. The molecule has 4 aliphatic rings. The van der Waals surface area contributed by atoms with Crippen LogP contribution in [0.25, 0.3) is 0 Å². The number of carboxylic acid groups (broad SMARTS) is 2. The monoisotopic (exact) mass is 814 g/mol. The summed E-state index contributed by atoms with van der Waals surface area (Å²) in [4.78, 5) is 123. The van der Waals surface area contributed by atoms with Gasteiger partial charge in [0, 0.05) is 48.6 Å². The van der Waals surface area contributed by atoms with Crippen LogP contribution < -0.4 is 10.2 Å². The van der Waals surface area contributed by atoms with Crippen LogP contribution in [0.3, 0.4) is 0 Å². The second-order valence-corrected chi connectivity index (χ2v) is 13.3. The first kappa shape index (κ1) is 46.2. The van der Waals surface area contributed by atoms with Crippen molar-refractivity contribution in [3.63, 3.8) is 0 Å². The number of unbranched alkanes of at least 4 members (excludes halogenated alkanes) is 12. The molecule has 8 amide bonds. The average molecular weight is 816 g/mol. The topological polar surface area (TPSA) is 230 Å². The molecule has 0 spiro atoms. The third-order valence-corrected chi connectivity index (χ3v) is 9.63. The van der Waals surface area contributed by atoms with Gasteiger partial charge in [-0.05, 0) is 25.7 Å². The number of carbonyl (C=O) groups excluding carboxylic acids is 10. The Labute approximate surface area is 332 Å². The van der Waals surface area contributed by atoms with Crippen LogP contribution >= 0.6 is 0 Å². The van der Waals surface area contributed by atoms with Gasteiger partial charge in [0.1, 0.15) is 0 Å². The summed E-state index contributed by atoms with van der Waals surface area (Å²) in [6.07, 6.45) is 19.0. The predicted molar refractivity (Wildman–Crippen MR) is 185 cm³/mol. The number of hydrogen-bond donors (Lipinski definition) is 0. The van der Waals surface area contributed by atoms with Crippen LogP contribution in [0, 0.1) is 0 Å². The molecular formula is C38H46N4O12Zn. The van der Waals surface area contributed by atoms with E-state index in [9.17, 15) is 58.2 Å². The van der Waals surface area contributed by atoms with Gasteiger partial charge in [-0.25, -0.2) is 19.6 Å². The van der Waals surface area contributed by atoms with Crippen molar-refractivity contribution in [1.29, 1.82) is 0 Å². The van der Waals surface area contributed by atoms with Crippen molar-refractivity contribution in [2.75, 3.05) is 0 Å². The molecule has 0 bridgehead atoms. The number of hydrogen-bond acceptors (Lipinski definition) is 12. The molecule has 17 heteroatoms. The van der Waals surface area contributed by atoms with E-state index in [1.54, 1.807) is 0 Å². The molecule has 0 aromatic heterocycles. The molecule has 4 aliphatic heterocycles. The molecule has 0 radical (unpaired) electrons. The van der Waals surface area contributed by atoms with E-state index in [1.807, 2.05) is 0 Å². The molecule has 0 unspecified atom stereocenters. The summed E-state index contributed by atoms with van der Waals surface area (Å²) >= 11 is 0. The molecule has 0 fully saturated rings. The first-order chi connectivity index (χ1) is 25.7. The zero-order valence-corrected chi connectivity index (χ0v) is 34.3. The molecule has 0 saturated heterocycles. The molecule has 0 saturated carbocycles. The van der Waals surface area contributed by atoms with Gasteiger partial charge in [0.25, 0.3) is 47.3 Å². The number of rotatable bonds is 22. The normalized spacial score (nSPS) is 16.6. The van der Waals surface area contributed by atoms with Crippen LogP contribution in [-0.4, -0.2) is 90.1 Å². The first-order valence-electron chi connectivity index (χ1n) is 18.4. The smallest absolute Gasteiger partial charge is 0.545 e. The summed E-state index contributed by atoms with van der Waals surface area (Å²) in [6, 6.07) is 0. The Morgan fingerprint density at radius 2 is 0.582 bits per heavy atom. The van der Waals surface area contributed by atoms with Gasteiger partial charge in [-0.1, -0.05) is 90.9 Å². The Hall–Kier alpha value is -4.92. The average Bonchev–Trinajstić information content (AvgIpc) is 3.86. The van der Waals surface area contributed by atoms with E-state index < -0.39 is 70.5 Å². The Kier molecular flexibility index (Phi) is 17.9. The number of nitrogens with zero attached hydrogens (tertiary/aromatic N) is 4. The van der Waals surface area contributed by atoms with Crippen molar-refractivity contribution in [2.45, 2.75) is 128 Å². The number of carboxylic acids is 2. The maximum absolute atomic E-state index is 12.2. The Bertz CT molecular complexity index is 1390. The fourth-order valence-corrected chi connectivity index (χ4v) is 6.93. The maximum Gasteiger partial charge on any atom is 2.00 e. The van der Waals surface area contributed by atoms with Crippen LogP contribution in [0.15, 0.2) is 48.6 Å². The summed E-state index contributed by atoms with van der Waals surface area (Å²) in [5, 5.41) is 24.2. The minimum Gasteiger partial charge on any atom is -0.545 e. The molecule has 0 aromatic rings. The van der Waals surface area contributed by atoms with Gasteiger partial charge in [0.2, 0.25) is 0 Å². The van der Waals surface area contributed by atoms with Crippen molar-refractivity contribution in [2.24, 2.45) is 0 Å². The maximum atomic E-state index is 12.2. The van der Waals surface area contributed by atoms with Gasteiger partial charge >= 0.3 is 19.5 Å². The first-order valence-corrected chi connectivity index (χ1v) is 18.4. The molecule has 292 valence electrons. The molecule has 55 heavy (non-hydrogen) atoms. The quantitative estimate of drug-likeness (QED) is 0.0842. The summed E-state index contributed by atoms with van der Waals surface area (Å²) in [7, 11) is 0. The van der Waals surface area contributed by atoms with E-state index in [4.69, 9.17) is 0 Å². The third kappa shape index (κ3) is 10.2. The van der Waals surface area contributed by atoms with E-state index in [2.05, 4.69) is 13.8 Å². The number of carbonyl (C=O) groups is 10. The van der Waals surface area contributed by atoms with Crippen molar-refractivity contribution in [3.05, 3.63) is 48.6 Å². The van der Waals surface area contributed by atoms with Gasteiger partial charge < -0.3 is 19.8 Å². The second-order valence-electron chi connectivity index (χ2n) is 13.3. The molecule has 0 aliphatic carbocycles. The summed E-state index contributed by atoms with van der Waals surface area (Å²) < 4.78 is 0. The Balaban J connectivity index is 0.000000373. The third-order valence-electron chi connectivity index (χ3n) is 9.63. The van der Waals surface area contributed by atoms with Gasteiger partial charge in [0.05, 0.1) is 11.9 Å². The van der Waals surface area contributed by atoms with E-state index in [-0.39, 0.29) is 32.3 Å². The van der Waals surface area contributed by atoms with Gasteiger partial charge in [-0.15, -0.1) is 0 Å². The zero-order valence-electron chi connectivity index (χ0n) is 31.3. The largest absolute Gasteiger partial charge is 2.00 e. The zero-order chi connectivity index (χ0) is 40.1. The molecule has 4 heterocycles. The molecule has 0 aromatic carbocycles. The molecular weight excluding hydrogens is 770 g/mol. The standard InChI is InChI=1S/2C19H24N2O6.Zn/c2*1-2-3-4-5-6-7-8-13-19(18(26)27,20-14(22)9-10-15(20)23)21-16(24)11-12-17(21)25;/h2*9-12H,2-8,13H2,1H3,(H,26,27);/q;;+2/p-2. The SMILES string of the molecule is CCCCCCCCCC(C(=O)[O-])(N1C(=O)C=CC1=O)N1C(=O)C=CC1=O.CCCCCCCCCC(C(=O)[O-])(N1C(=O)C=CC1=O)N1C(=O)C=CC1=O.[Zn+2]. The van der Waals surface area contributed by atoms with Crippen LogP contribution in [0.1, 0.15) is 117 Å². The van der Waals surface area contributed by atoms with Gasteiger partial charge in [-0.2, -0.15) is 0 Å². The summed E-state index contributed by atoms with van der Waals surface area (Å²) in [5.41, 5.74) is -4.92. The molecule has 4 rings (SSSR count). The minimum absolute atomic E-state index is 0. The van der Waals surface area contributed by atoms with Crippen LogP contribution in [0.4, 0.5) is 0 Å². The van der Waals surface area contributed by atoms with Crippen molar-refractivity contribution in [1.82, 2.24) is 19.6 Å². The molecule has 16 nitrogen and oxygen atoms in total. The van der Waals surface area contributed by atoms with Gasteiger partial charge in [0.15, 0.2) is 11.3 Å². The van der Waals surface area contributed by atoms with Crippen LogP contribution in [-0.2, 0) is 67.4 Å². The van der Waals surface area contributed by atoms with E-state index in [0.29, 0.717) is 45.3 Å². The number of amides is 8. The number of aliphatic carboxylic acids is 2. The Morgan fingerprint density at radius 3 is 0.764 bits per heavy atom. The molecule has 0 atom stereocenters. The van der Waals surface area contributed by atoms with Crippen LogP contribution in [0.2, 0.25) is 0 Å². The summed E-state index contributed by atoms with van der Waals surface area (Å²) in [5.74, 6) is -10.8. The fourth-order valence-electron chi connectivity index (χ4n) is 6.93.